The van der Waals surface area contributed by atoms with Crippen molar-refractivity contribution < 1.29 is 41.0 Å². The summed E-state index contributed by atoms with van der Waals surface area (Å²) in [7, 11) is 0. The molecular formula is C32H33F6N3O3. The first-order chi connectivity index (χ1) is 20.4. The van der Waals surface area contributed by atoms with E-state index < -0.39 is 29.5 Å². The Balaban J connectivity index is 0.00000125. The summed E-state index contributed by atoms with van der Waals surface area (Å²) >= 11 is 0. The molecule has 0 bridgehead atoms. The first-order valence-corrected chi connectivity index (χ1v) is 13.4. The third-order valence-electron chi connectivity index (χ3n) is 5.77. The van der Waals surface area contributed by atoms with Crippen molar-refractivity contribution in [1.29, 1.82) is 0 Å². The van der Waals surface area contributed by atoms with Crippen LogP contribution >= 0.6 is 0 Å². The van der Waals surface area contributed by atoms with Gasteiger partial charge in [-0.3, -0.25) is 0 Å². The number of ether oxygens (including phenoxy) is 1. The molecule has 0 saturated carbocycles. The lowest BCUT2D eigenvalue weighted by Crippen LogP contribution is -2.37. The zero-order valence-corrected chi connectivity index (χ0v) is 24.7. The Kier molecular flexibility index (Phi) is 12.4. The Morgan fingerprint density at radius 3 is 2.11 bits per heavy atom. The van der Waals surface area contributed by atoms with Gasteiger partial charge in [0.25, 0.3) is 0 Å². The van der Waals surface area contributed by atoms with Gasteiger partial charge in [-0.05, 0) is 69.5 Å². The molecule has 0 saturated heterocycles. The van der Waals surface area contributed by atoms with Gasteiger partial charge in [0, 0.05) is 24.6 Å². The molecular weight excluding hydrogens is 588 g/mol. The van der Waals surface area contributed by atoms with Crippen LogP contribution in [0.15, 0.2) is 67.3 Å². The van der Waals surface area contributed by atoms with E-state index in [1.54, 1.807) is 22.9 Å². The van der Waals surface area contributed by atoms with Crippen LogP contribution in [0.25, 0.3) is 17.1 Å². The van der Waals surface area contributed by atoms with Crippen molar-refractivity contribution in [1.82, 2.24) is 14.8 Å². The van der Waals surface area contributed by atoms with Gasteiger partial charge in [-0.25, -0.2) is 14.5 Å². The third kappa shape index (κ3) is 12.0. The maximum absolute atomic E-state index is 13.0. The number of alkyl halides is 6. The van der Waals surface area contributed by atoms with Crippen molar-refractivity contribution in [3.05, 3.63) is 84.2 Å². The highest BCUT2D eigenvalue weighted by Crippen LogP contribution is 2.31. The van der Waals surface area contributed by atoms with Gasteiger partial charge in [-0.15, -0.1) is 5.10 Å². The Labute approximate surface area is 252 Å². The maximum Gasteiger partial charge on any atom is 0.416 e. The monoisotopic (exact) mass is 621 g/mol. The Hall–Kier alpha value is -4.53. The molecule has 1 aromatic heterocycles. The number of benzene rings is 2. The van der Waals surface area contributed by atoms with E-state index in [4.69, 9.17) is 4.74 Å². The molecule has 0 radical (unpaired) electrons. The lowest BCUT2D eigenvalue weighted by atomic mass is 10.1. The van der Waals surface area contributed by atoms with E-state index in [0.29, 0.717) is 54.3 Å². The number of allylic oxidation sites excluding steroid dienone is 3. The van der Waals surface area contributed by atoms with Gasteiger partial charge in [0.05, 0.1) is 12.0 Å². The van der Waals surface area contributed by atoms with Crippen molar-refractivity contribution >= 4 is 11.7 Å². The van der Waals surface area contributed by atoms with Crippen LogP contribution in [-0.2, 0) is 23.8 Å². The van der Waals surface area contributed by atoms with E-state index in [9.17, 15) is 36.2 Å². The molecule has 1 heterocycles. The van der Waals surface area contributed by atoms with E-state index in [2.05, 4.69) is 28.5 Å². The van der Waals surface area contributed by atoms with Gasteiger partial charge in [0.2, 0.25) is 0 Å². The van der Waals surface area contributed by atoms with Crippen molar-refractivity contribution in [3.8, 4) is 29.0 Å². The smallest absolute Gasteiger partial charge is 0.416 e. The molecule has 6 nitrogen and oxygen atoms in total. The van der Waals surface area contributed by atoms with Crippen LogP contribution in [-0.4, -0.2) is 37.6 Å². The normalized spacial score (nSPS) is 11.8. The number of hydrogen-bond acceptors (Lipinski definition) is 4. The van der Waals surface area contributed by atoms with E-state index in [0.717, 1.165) is 17.7 Å². The molecule has 3 aromatic rings. The molecule has 3 rings (SSSR count). The minimum Gasteiger partial charge on any atom is -0.478 e. The number of carboxylic acid groups (broad SMARTS) is 1. The summed E-state index contributed by atoms with van der Waals surface area (Å²) in [4.78, 5) is 15.9. The molecule has 1 N–H and O–H groups in total. The number of aryl methyl sites for hydroxylation is 2. The van der Waals surface area contributed by atoms with Crippen LogP contribution in [0, 0.1) is 11.8 Å². The SMILES string of the molecule is C=C(CC#C/C=C\C)n1nc(-c2ccc(C(F)(F)F)cc2)nc1CCCc1ccc(OC(C)(C)C(=O)O)cc1.CC(F)(F)F. The number of carboxylic acids is 1. The number of aromatic nitrogens is 3. The first-order valence-electron chi connectivity index (χ1n) is 13.4. The number of hydrogen-bond donors (Lipinski definition) is 1. The average Bonchev–Trinajstić information content (AvgIpc) is 3.35. The highest BCUT2D eigenvalue weighted by Gasteiger charge is 2.30. The van der Waals surface area contributed by atoms with Crippen molar-refractivity contribution in [3.63, 3.8) is 0 Å². The molecule has 0 amide bonds. The lowest BCUT2D eigenvalue weighted by Gasteiger charge is -2.21. The van der Waals surface area contributed by atoms with Gasteiger partial charge in [0.15, 0.2) is 11.4 Å². The van der Waals surface area contributed by atoms with Crippen LogP contribution in [0.1, 0.15) is 57.5 Å². The molecule has 2 aromatic carbocycles. The summed E-state index contributed by atoms with van der Waals surface area (Å²) in [5, 5.41) is 13.8. The second kappa shape index (κ2) is 15.3. The molecule has 0 aliphatic rings. The number of rotatable bonds is 10. The molecule has 236 valence electrons. The molecule has 0 aliphatic heterocycles. The predicted octanol–water partition coefficient (Wildman–Crippen LogP) is 8.39. The highest BCUT2D eigenvalue weighted by atomic mass is 19.4. The van der Waals surface area contributed by atoms with Crippen LogP contribution in [0.5, 0.6) is 5.75 Å². The minimum absolute atomic E-state index is 0.188. The third-order valence-corrected chi connectivity index (χ3v) is 5.77. The molecule has 0 spiro atoms. The second-order valence-electron chi connectivity index (χ2n) is 10.1. The standard InChI is InChI=1S/C30H30F3N3O3.C2H3F3/c1-5-6-7-8-10-21(2)36-26(34-27(35-36)23-15-17-24(18-16-23)30(31,32)33)12-9-11-22-13-19-25(20-14-22)39-29(3,4)28(37)38;1-2(3,4)5/h5-6,13-20H,2,9-12H2,1,3-4H3,(H,37,38);1H3/b6-5-;. The fourth-order valence-electron chi connectivity index (χ4n) is 3.57. The number of carbonyl (C=O) groups is 1. The van der Waals surface area contributed by atoms with Gasteiger partial charge in [-0.1, -0.05) is 48.8 Å². The van der Waals surface area contributed by atoms with Gasteiger partial charge < -0.3 is 9.84 Å². The largest absolute Gasteiger partial charge is 0.478 e. The maximum atomic E-state index is 13.0. The van der Waals surface area contributed by atoms with Gasteiger partial charge in [-0.2, -0.15) is 26.3 Å². The fourth-order valence-corrected chi connectivity index (χ4v) is 3.57. The number of halogens is 6. The van der Waals surface area contributed by atoms with Gasteiger partial charge in [0.1, 0.15) is 11.6 Å². The lowest BCUT2D eigenvalue weighted by molar-refractivity contribution is -0.152. The zero-order valence-electron chi connectivity index (χ0n) is 24.7. The van der Waals surface area contributed by atoms with Crippen LogP contribution in [0.2, 0.25) is 0 Å². The van der Waals surface area contributed by atoms with E-state index in [1.165, 1.54) is 26.0 Å². The topological polar surface area (TPSA) is 77.2 Å². The minimum atomic E-state index is -4.42. The molecule has 0 unspecified atom stereocenters. The summed E-state index contributed by atoms with van der Waals surface area (Å²) in [5.74, 6) is 6.24. The van der Waals surface area contributed by atoms with Crippen molar-refractivity contribution in [2.24, 2.45) is 0 Å². The molecule has 0 aliphatic carbocycles. The zero-order chi connectivity index (χ0) is 33.1. The summed E-state index contributed by atoms with van der Waals surface area (Å²) in [6.45, 7) is 9.11. The van der Waals surface area contributed by atoms with Crippen molar-refractivity contribution in [2.75, 3.05) is 0 Å². The van der Waals surface area contributed by atoms with Crippen LogP contribution < -0.4 is 4.74 Å². The van der Waals surface area contributed by atoms with Crippen LogP contribution in [0.4, 0.5) is 26.3 Å². The fraction of sp³-hybridized carbons (Fsp3) is 0.344. The Morgan fingerprint density at radius 1 is 1.00 bits per heavy atom. The number of aliphatic carboxylic acids is 1. The second-order valence-corrected chi connectivity index (χ2v) is 10.1. The van der Waals surface area contributed by atoms with E-state index >= 15 is 0 Å². The Morgan fingerprint density at radius 2 is 1.59 bits per heavy atom. The summed E-state index contributed by atoms with van der Waals surface area (Å²) in [6.07, 6.45) is -2.57. The summed E-state index contributed by atoms with van der Waals surface area (Å²) < 4.78 is 77.2. The van der Waals surface area contributed by atoms with E-state index in [1.807, 2.05) is 25.1 Å². The van der Waals surface area contributed by atoms with Crippen LogP contribution in [0.3, 0.4) is 0 Å². The number of nitrogens with zero attached hydrogens (tertiary/aromatic N) is 3. The van der Waals surface area contributed by atoms with E-state index in [-0.39, 0.29) is 6.92 Å². The highest BCUT2D eigenvalue weighted by molar-refractivity contribution is 5.76. The first kappa shape index (κ1) is 35.7. The molecule has 44 heavy (non-hydrogen) atoms. The predicted molar refractivity (Wildman–Crippen MR) is 156 cm³/mol. The molecule has 0 atom stereocenters. The summed E-state index contributed by atoms with van der Waals surface area (Å²) in [6, 6.07) is 12.0. The Bertz CT molecular complexity index is 1490. The van der Waals surface area contributed by atoms with Gasteiger partial charge >= 0.3 is 18.3 Å². The average molecular weight is 622 g/mol. The summed E-state index contributed by atoms with van der Waals surface area (Å²) in [5.41, 5.74) is 0.0274. The van der Waals surface area contributed by atoms with Crippen molar-refractivity contribution in [2.45, 2.75) is 71.3 Å². The molecule has 0 fully saturated rings. The molecule has 12 heteroatoms. The quantitative estimate of drug-likeness (QED) is 0.182.